The second-order valence-electron chi connectivity index (χ2n) is 6.41. The molecule has 0 aliphatic carbocycles. The SMILES string of the molecule is O=C(NCCO)c1cn(C2CCN(C/C=C/c3ccccc3)CC2)nn1. The molecule has 2 N–H and O–H groups in total. The summed E-state index contributed by atoms with van der Waals surface area (Å²) in [6.45, 7) is 3.07. The van der Waals surface area contributed by atoms with E-state index in [1.165, 1.54) is 5.56 Å². The van der Waals surface area contributed by atoms with Gasteiger partial charge in [0.25, 0.3) is 5.91 Å². The highest BCUT2D eigenvalue weighted by atomic mass is 16.3. The van der Waals surface area contributed by atoms with E-state index in [0.717, 1.165) is 32.5 Å². The number of likely N-dealkylation sites (tertiary alicyclic amines) is 1. The maximum absolute atomic E-state index is 11.8. The fourth-order valence-electron chi connectivity index (χ4n) is 3.09. The van der Waals surface area contributed by atoms with Crippen molar-refractivity contribution in [3.05, 3.63) is 53.9 Å². The number of rotatable bonds is 7. The Hall–Kier alpha value is -2.51. The third-order valence-electron chi connectivity index (χ3n) is 4.54. The molecule has 2 aromatic rings. The third-order valence-corrected chi connectivity index (χ3v) is 4.54. The van der Waals surface area contributed by atoms with Gasteiger partial charge in [-0.2, -0.15) is 0 Å². The molecule has 0 atom stereocenters. The van der Waals surface area contributed by atoms with E-state index in [4.69, 9.17) is 5.11 Å². The molecule has 7 nitrogen and oxygen atoms in total. The Morgan fingerprint density at radius 1 is 1.27 bits per heavy atom. The highest BCUT2D eigenvalue weighted by molar-refractivity contribution is 5.91. The van der Waals surface area contributed by atoms with E-state index in [2.05, 4.69) is 44.8 Å². The molecule has 1 saturated heterocycles. The van der Waals surface area contributed by atoms with Gasteiger partial charge in [-0.05, 0) is 18.4 Å². The summed E-state index contributed by atoms with van der Waals surface area (Å²) in [5, 5.41) is 19.4. The van der Waals surface area contributed by atoms with Crippen LogP contribution in [0.15, 0.2) is 42.6 Å². The molecular weight excluding hydrogens is 330 g/mol. The van der Waals surface area contributed by atoms with Crippen molar-refractivity contribution in [3.8, 4) is 0 Å². The second-order valence-corrected chi connectivity index (χ2v) is 6.41. The Balaban J connectivity index is 1.46. The fourth-order valence-corrected chi connectivity index (χ4v) is 3.09. The topological polar surface area (TPSA) is 83.3 Å². The van der Waals surface area contributed by atoms with Crippen LogP contribution in [0, 0.1) is 0 Å². The lowest BCUT2D eigenvalue weighted by atomic mass is 10.1. The lowest BCUT2D eigenvalue weighted by Crippen LogP contribution is -2.34. The van der Waals surface area contributed by atoms with Crippen molar-refractivity contribution >= 4 is 12.0 Å². The van der Waals surface area contributed by atoms with Crippen molar-refractivity contribution in [1.82, 2.24) is 25.2 Å². The molecule has 0 bridgehead atoms. The van der Waals surface area contributed by atoms with Gasteiger partial charge in [0.15, 0.2) is 5.69 Å². The van der Waals surface area contributed by atoms with Crippen LogP contribution in [0.2, 0.25) is 0 Å². The number of benzene rings is 1. The van der Waals surface area contributed by atoms with Crippen molar-refractivity contribution in [1.29, 1.82) is 0 Å². The smallest absolute Gasteiger partial charge is 0.273 e. The van der Waals surface area contributed by atoms with Gasteiger partial charge in [0, 0.05) is 26.2 Å². The zero-order valence-corrected chi connectivity index (χ0v) is 14.8. The van der Waals surface area contributed by atoms with Gasteiger partial charge in [-0.25, -0.2) is 4.68 Å². The monoisotopic (exact) mass is 355 g/mol. The number of amides is 1. The average molecular weight is 355 g/mol. The number of nitrogens with zero attached hydrogens (tertiary/aromatic N) is 4. The van der Waals surface area contributed by atoms with Gasteiger partial charge in [-0.15, -0.1) is 5.10 Å². The predicted molar refractivity (Wildman–Crippen MR) is 99.6 cm³/mol. The molecule has 1 aromatic heterocycles. The zero-order valence-electron chi connectivity index (χ0n) is 14.8. The van der Waals surface area contributed by atoms with Crippen LogP contribution in [0.25, 0.3) is 6.08 Å². The first kappa shape index (κ1) is 18.3. The van der Waals surface area contributed by atoms with Crippen LogP contribution in [-0.2, 0) is 0 Å². The number of hydrogen-bond donors (Lipinski definition) is 2. The molecule has 0 spiro atoms. The minimum absolute atomic E-state index is 0.0863. The molecule has 0 unspecified atom stereocenters. The van der Waals surface area contributed by atoms with Gasteiger partial charge in [-0.1, -0.05) is 47.7 Å². The van der Waals surface area contributed by atoms with Crippen molar-refractivity contribution in [2.45, 2.75) is 18.9 Å². The van der Waals surface area contributed by atoms with Crippen LogP contribution in [-0.4, -0.2) is 63.7 Å². The first-order valence-electron chi connectivity index (χ1n) is 9.01. The normalized spacial score (nSPS) is 16.2. The predicted octanol–water partition coefficient (Wildman–Crippen LogP) is 1.35. The van der Waals surface area contributed by atoms with Gasteiger partial charge in [0.2, 0.25) is 0 Å². The van der Waals surface area contributed by atoms with Gasteiger partial charge in [-0.3, -0.25) is 9.69 Å². The molecule has 7 heteroatoms. The molecule has 1 aliphatic rings. The van der Waals surface area contributed by atoms with Gasteiger partial charge in [0.1, 0.15) is 0 Å². The van der Waals surface area contributed by atoms with Crippen LogP contribution in [0.4, 0.5) is 0 Å². The summed E-state index contributed by atoms with van der Waals surface area (Å²) in [5.41, 5.74) is 1.52. The van der Waals surface area contributed by atoms with Crippen LogP contribution in [0.1, 0.15) is 34.9 Å². The molecule has 0 saturated carbocycles. The molecule has 3 rings (SSSR count). The first-order valence-corrected chi connectivity index (χ1v) is 9.01. The Labute approximate surface area is 153 Å². The van der Waals surface area contributed by atoms with Crippen LogP contribution in [0.5, 0.6) is 0 Å². The lowest BCUT2D eigenvalue weighted by molar-refractivity contribution is 0.0939. The number of aliphatic hydroxyl groups is 1. The maximum Gasteiger partial charge on any atom is 0.273 e. The maximum atomic E-state index is 11.8. The molecule has 1 aromatic carbocycles. The Kier molecular flexibility index (Phi) is 6.51. The third kappa shape index (κ3) is 5.00. The van der Waals surface area contributed by atoms with E-state index < -0.39 is 0 Å². The van der Waals surface area contributed by atoms with Crippen molar-refractivity contribution in [2.75, 3.05) is 32.8 Å². The number of nitrogens with one attached hydrogen (secondary N) is 1. The van der Waals surface area contributed by atoms with Crippen molar-refractivity contribution < 1.29 is 9.90 Å². The molecular formula is C19H25N5O2. The van der Waals surface area contributed by atoms with E-state index in [1.807, 2.05) is 18.2 Å². The number of aliphatic hydroxyl groups excluding tert-OH is 1. The highest BCUT2D eigenvalue weighted by Crippen LogP contribution is 2.21. The van der Waals surface area contributed by atoms with Crippen LogP contribution >= 0.6 is 0 Å². The first-order chi connectivity index (χ1) is 12.8. The number of piperidine rings is 1. The summed E-state index contributed by atoms with van der Waals surface area (Å²) >= 11 is 0. The Morgan fingerprint density at radius 3 is 2.77 bits per heavy atom. The van der Waals surface area contributed by atoms with Crippen LogP contribution in [0.3, 0.4) is 0 Å². The number of hydrogen-bond acceptors (Lipinski definition) is 5. The molecule has 1 fully saturated rings. The van der Waals surface area contributed by atoms with E-state index >= 15 is 0 Å². The van der Waals surface area contributed by atoms with E-state index in [9.17, 15) is 4.79 Å². The van der Waals surface area contributed by atoms with Gasteiger partial charge < -0.3 is 10.4 Å². The van der Waals surface area contributed by atoms with Gasteiger partial charge >= 0.3 is 0 Å². The molecule has 138 valence electrons. The standard InChI is InChI=1S/C19H25N5O2/c25-14-10-20-19(26)18-15-24(22-21-18)17-8-12-23(13-9-17)11-4-7-16-5-2-1-3-6-16/h1-7,15,17,25H,8-14H2,(H,20,26)/b7-4+. The average Bonchev–Trinajstić information content (AvgIpc) is 3.18. The summed E-state index contributed by atoms with van der Waals surface area (Å²) in [7, 11) is 0. The van der Waals surface area contributed by atoms with Crippen molar-refractivity contribution in [2.24, 2.45) is 0 Å². The summed E-state index contributed by atoms with van der Waals surface area (Å²) in [6, 6.07) is 10.6. The number of aromatic nitrogens is 3. The molecule has 26 heavy (non-hydrogen) atoms. The van der Waals surface area contributed by atoms with E-state index in [1.54, 1.807) is 10.9 Å². The molecule has 1 amide bonds. The molecule has 0 radical (unpaired) electrons. The quantitative estimate of drug-likeness (QED) is 0.783. The Bertz CT molecular complexity index is 721. The summed E-state index contributed by atoms with van der Waals surface area (Å²) < 4.78 is 1.80. The lowest BCUT2D eigenvalue weighted by Gasteiger charge is -2.30. The summed E-state index contributed by atoms with van der Waals surface area (Å²) in [5.74, 6) is -0.297. The van der Waals surface area contributed by atoms with E-state index in [0.29, 0.717) is 5.69 Å². The largest absolute Gasteiger partial charge is 0.395 e. The number of carbonyl (C=O) groups is 1. The Morgan fingerprint density at radius 2 is 2.04 bits per heavy atom. The molecule has 2 heterocycles. The minimum Gasteiger partial charge on any atom is -0.395 e. The van der Waals surface area contributed by atoms with Crippen LogP contribution < -0.4 is 5.32 Å². The number of carbonyl (C=O) groups excluding carboxylic acids is 1. The summed E-state index contributed by atoms with van der Waals surface area (Å²) in [4.78, 5) is 14.3. The molecule has 1 aliphatic heterocycles. The second kappa shape index (κ2) is 9.26. The zero-order chi connectivity index (χ0) is 18.2. The fraction of sp³-hybridized carbons (Fsp3) is 0.421. The minimum atomic E-state index is -0.297. The summed E-state index contributed by atoms with van der Waals surface area (Å²) in [6.07, 6.45) is 8.03. The highest BCUT2D eigenvalue weighted by Gasteiger charge is 2.22. The van der Waals surface area contributed by atoms with Crippen molar-refractivity contribution in [3.63, 3.8) is 0 Å². The van der Waals surface area contributed by atoms with E-state index in [-0.39, 0.29) is 25.1 Å². The van der Waals surface area contributed by atoms with Gasteiger partial charge in [0.05, 0.1) is 18.8 Å².